The number of nitrogens with two attached hydrogens (primary N) is 1. The number of anilines is 1. The van der Waals surface area contributed by atoms with Gasteiger partial charge >= 0.3 is 0 Å². The summed E-state index contributed by atoms with van der Waals surface area (Å²) in [5.41, 5.74) is 2.22. The van der Waals surface area contributed by atoms with Crippen LogP contribution in [0.4, 0.5) is 5.69 Å². The molecule has 1 aromatic heterocycles. The van der Waals surface area contributed by atoms with Crippen LogP contribution in [0.5, 0.6) is 0 Å². The topological polar surface area (TPSA) is 42.2 Å². The van der Waals surface area contributed by atoms with Crippen molar-refractivity contribution in [2.75, 3.05) is 5.01 Å². The normalized spacial score (nSPS) is 11.5. The molecular formula is C12H21N3. The lowest BCUT2D eigenvalue weighted by molar-refractivity contribution is 0.511. The first-order valence-electron chi connectivity index (χ1n) is 5.44. The van der Waals surface area contributed by atoms with Crippen molar-refractivity contribution in [3.8, 4) is 0 Å². The van der Waals surface area contributed by atoms with Crippen LogP contribution < -0.4 is 10.9 Å². The molecule has 0 spiro atoms. The third-order valence-corrected chi connectivity index (χ3v) is 2.39. The molecule has 0 unspecified atom stereocenters. The summed E-state index contributed by atoms with van der Waals surface area (Å²) in [7, 11) is 0. The van der Waals surface area contributed by atoms with Gasteiger partial charge < -0.3 is 5.01 Å². The second-order valence-electron chi connectivity index (χ2n) is 4.80. The molecule has 0 saturated carbocycles. The molecular weight excluding hydrogens is 186 g/mol. The molecule has 3 nitrogen and oxygen atoms in total. The Kier molecular flexibility index (Phi) is 3.69. The monoisotopic (exact) mass is 207 g/mol. The van der Waals surface area contributed by atoms with Gasteiger partial charge in [0.2, 0.25) is 0 Å². The van der Waals surface area contributed by atoms with Crippen LogP contribution in [-0.4, -0.2) is 10.5 Å². The maximum absolute atomic E-state index is 6.10. The lowest BCUT2D eigenvalue weighted by atomic mass is 10.0. The highest BCUT2D eigenvalue weighted by molar-refractivity contribution is 5.52. The number of hydrazine groups is 1. The van der Waals surface area contributed by atoms with E-state index in [-0.39, 0.29) is 5.54 Å². The molecule has 0 amide bonds. The maximum Gasteiger partial charge on any atom is 0.0738 e. The highest BCUT2D eigenvalue weighted by Gasteiger charge is 2.20. The van der Waals surface area contributed by atoms with Crippen molar-refractivity contribution in [2.45, 2.75) is 46.1 Å². The van der Waals surface area contributed by atoms with Crippen LogP contribution in [-0.2, 0) is 6.42 Å². The van der Waals surface area contributed by atoms with E-state index in [4.69, 9.17) is 5.84 Å². The van der Waals surface area contributed by atoms with E-state index < -0.39 is 0 Å². The number of nitrogens with zero attached hydrogens (tertiary/aromatic N) is 2. The van der Waals surface area contributed by atoms with E-state index in [0.717, 1.165) is 18.5 Å². The summed E-state index contributed by atoms with van der Waals surface area (Å²) in [6, 6.07) is 2.05. The van der Waals surface area contributed by atoms with E-state index in [1.807, 2.05) is 18.5 Å². The Morgan fingerprint density at radius 1 is 1.40 bits per heavy atom. The van der Waals surface area contributed by atoms with Crippen molar-refractivity contribution in [3.63, 3.8) is 0 Å². The van der Waals surface area contributed by atoms with Gasteiger partial charge in [-0.05, 0) is 38.8 Å². The minimum absolute atomic E-state index is 0.0779. The molecule has 0 aromatic carbocycles. The quantitative estimate of drug-likeness (QED) is 0.611. The number of aromatic nitrogens is 1. The van der Waals surface area contributed by atoms with E-state index in [0.29, 0.717) is 0 Å². The van der Waals surface area contributed by atoms with Gasteiger partial charge in [0.25, 0.3) is 0 Å². The van der Waals surface area contributed by atoms with Gasteiger partial charge in [0.15, 0.2) is 0 Å². The minimum Gasteiger partial charge on any atom is -0.304 e. The first-order valence-corrected chi connectivity index (χ1v) is 5.44. The summed E-state index contributed by atoms with van der Waals surface area (Å²) in [6.07, 6.45) is 5.83. The van der Waals surface area contributed by atoms with Crippen LogP contribution in [0, 0.1) is 0 Å². The van der Waals surface area contributed by atoms with E-state index in [1.54, 1.807) is 5.01 Å². The van der Waals surface area contributed by atoms with E-state index in [2.05, 4.69) is 32.7 Å². The van der Waals surface area contributed by atoms with Gasteiger partial charge in [-0.1, -0.05) is 13.3 Å². The first kappa shape index (κ1) is 12.0. The van der Waals surface area contributed by atoms with Gasteiger partial charge in [-0.2, -0.15) is 0 Å². The molecule has 0 atom stereocenters. The summed E-state index contributed by atoms with van der Waals surface area (Å²) < 4.78 is 0. The second kappa shape index (κ2) is 4.62. The lowest BCUT2D eigenvalue weighted by Crippen LogP contribution is -2.47. The Balaban J connectivity index is 3.02. The van der Waals surface area contributed by atoms with Crippen LogP contribution in [0.1, 0.15) is 39.7 Å². The van der Waals surface area contributed by atoms with Crippen molar-refractivity contribution in [1.82, 2.24) is 4.98 Å². The average molecular weight is 207 g/mol. The molecule has 0 fully saturated rings. The summed E-state index contributed by atoms with van der Waals surface area (Å²) in [4.78, 5) is 4.14. The zero-order chi connectivity index (χ0) is 11.5. The van der Waals surface area contributed by atoms with Crippen LogP contribution >= 0.6 is 0 Å². The second-order valence-corrected chi connectivity index (χ2v) is 4.80. The number of hydrogen-bond donors (Lipinski definition) is 1. The predicted molar refractivity (Wildman–Crippen MR) is 64.7 cm³/mol. The molecule has 3 heteroatoms. The van der Waals surface area contributed by atoms with Gasteiger partial charge in [-0.15, -0.1) is 0 Å². The molecule has 1 heterocycles. The molecule has 0 bridgehead atoms. The van der Waals surface area contributed by atoms with E-state index in [1.165, 1.54) is 5.56 Å². The van der Waals surface area contributed by atoms with Crippen molar-refractivity contribution >= 4 is 5.69 Å². The molecule has 0 aliphatic carbocycles. The molecule has 0 saturated heterocycles. The smallest absolute Gasteiger partial charge is 0.0738 e. The van der Waals surface area contributed by atoms with Gasteiger partial charge in [0.1, 0.15) is 0 Å². The summed E-state index contributed by atoms with van der Waals surface area (Å²) in [5, 5.41) is 1.80. The van der Waals surface area contributed by atoms with Crippen LogP contribution in [0.2, 0.25) is 0 Å². The lowest BCUT2D eigenvalue weighted by Gasteiger charge is -2.34. The number of hydrogen-bond acceptors (Lipinski definition) is 3. The SMILES string of the molecule is CCCc1ccncc1N(N)C(C)(C)C. The summed E-state index contributed by atoms with van der Waals surface area (Å²) in [5.74, 6) is 6.10. The summed E-state index contributed by atoms with van der Waals surface area (Å²) >= 11 is 0. The third-order valence-electron chi connectivity index (χ3n) is 2.39. The van der Waals surface area contributed by atoms with Crippen molar-refractivity contribution in [2.24, 2.45) is 5.84 Å². The highest BCUT2D eigenvalue weighted by Crippen LogP contribution is 2.24. The van der Waals surface area contributed by atoms with Gasteiger partial charge in [-0.25, -0.2) is 5.84 Å². The van der Waals surface area contributed by atoms with E-state index in [9.17, 15) is 0 Å². The summed E-state index contributed by atoms with van der Waals surface area (Å²) in [6.45, 7) is 8.45. The molecule has 1 rings (SSSR count). The fraction of sp³-hybridized carbons (Fsp3) is 0.583. The van der Waals surface area contributed by atoms with Crippen molar-refractivity contribution in [3.05, 3.63) is 24.0 Å². The molecule has 2 N–H and O–H groups in total. The first-order chi connectivity index (χ1) is 6.96. The van der Waals surface area contributed by atoms with Crippen LogP contribution in [0.3, 0.4) is 0 Å². The maximum atomic E-state index is 6.10. The van der Waals surface area contributed by atoms with Gasteiger partial charge in [0, 0.05) is 11.7 Å². The Morgan fingerprint density at radius 2 is 2.07 bits per heavy atom. The molecule has 0 radical (unpaired) electrons. The largest absolute Gasteiger partial charge is 0.304 e. The Hall–Kier alpha value is -1.09. The van der Waals surface area contributed by atoms with Crippen molar-refractivity contribution < 1.29 is 0 Å². The standard InChI is InChI=1S/C12H21N3/c1-5-6-10-7-8-14-9-11(10)15(13)12(2,3)4/h7-9H,5-6,13H2,1-4H3. The highest BCUT2D eigenvalue weighted by atomic mass is 15.4. The zero-order valence-corrected chi connectivity index (χ0v) is 10.1. The van der Waals surface area contributed by atoms with Gasteiger partial charge in [-0.3, -0.25) is 4.98 Å². The Labute approximate surface area is 92.3 Å². The number of pyridine rings is 1. The Morgan fingerprint density at radius 3 is 2.60 bits per heavy atom. The number of aryl methyl sites for hydroxylation is 1. The van der Waals surface area contributed by atoms with Crippen molar-refractivity contribution in [1.29, 1.82) is 0 Å². The van der Waals surface area contributed by atoms with Crippen LogP contribution in [0.15, 0.2) is 18.5 Å². The van der Waals surface area contributed by atoms with Crippen LogP contribution in [0.25, 0.3) is 0 Å². The number of rotatable bonds is 3. The zero-order valence-electron chi connectivity index (χ0n) is 10.1. The van der Waals surface area contributed by atoms with Gasteiger partial charge in [0.05, 0.1) is 11.9 Å². The third kappa shape index (κ3) is 2.93. The Bertz CT molecular complexity index is 315. The average Bonchev–Trinajstić information content (AvgIpc) is 2.17. The fourth-order valence-corrected chi connectivity index (χ4v) is 1.47. The minimum atomic E-state index is -0.0779. The fourth-order valence-electron chi connectivity index (χ4n) is 1.47. The van der Waals surface area contributed by atoms with E-state index >= 15 is 0 Å². The molecule has 0 aliphatic heterocycles. The molecule has 0 aliphatic rings. The molecule has 15 heavy (non-hydrogen) atoms. The predicted octanol–water partition coefficient (Wildman–Crippen LogP) is 2.51. The molecule has 84 valence electrons. The molecule has 1 aromatic rings.